The molecule has 3 rings (SSSR count). The first-order valence-electron chi connectivity index (χ1n) is 6.61. The highest BCUT2D eigenvalue weighted by Crippen LogP contribution is 2.65. The SMILES string of the molecule is C/C=C/CC1CC2CCC23CCC3N1C. The van der Waals surface area contributed by atoms with Crippen molar-refractivity contribution in [2.24, 2.45) is 11.3 Å². The van der Waals surface area contributed by atoms with Crippen molar-refractivity contribution in [3.63, 3.8) is 0 Å². The van der Waals surface area contributed by atoms with Crippen molar-refractivity contribution in [2.75, 3.05) is 7.05 Å². The number of hydrogen-bond acceptors (Lipinski definition) is 1. The van der Waals surface area contributed by atoms with Gasteiger partial charge in [-0.25, -0.2) is 0 Å². The Kier molecular flexibility index (Phi) is 2.21. The zero-order valence-electron chi connectivity index (χ0n) is 10.1. The molecular formula is C14H23N. The Labute approximate surface area is 93.5 Å². The van der Waals surface area contributed by atoms with Crippen molar-refractivity contribution in [1.29, 1.82) is 0 Å². The number of piperidine rings is 1. The molecule has 1 heterocycles. The van der Waals surface area contributed by atoms with Gasteiger partial charge in [0.15, 0.2) is 0 Å². The highest BCUT2D eigenvalue weighted by molar-refractivity contribution is 5.14. The first kappa shape index (κ1) is 9.89. The maximum atomic E-state index is 2.71. The van der Waals surface area contributed by atoms with Crippen LogP contribution in [0.5, 0.6) is 0 Å². The van der Waals surface area contributed by atoms with E-state index in [0.29, 0.717) is 0 Å². The van der Waals surface area contributed by atoms with E-state index < -0.39 is 0 Å². The molecule has 1 saturated heterocycles. The molecule has 2 saturated carbocycles. The standard InChI is InChI=1S/C14H23N/c1-3-4-5-12-10-11-6-8-14(11)9-7-13(14)15(12)2/h3-4,11-13H,5-10H2,1-2H3/b4-3+. The van der Waals surface area contributed by atoms with Crippen LogP contribution in [0.4, 0.5) is 0 Å². The average molecular weight is 205 g/mol. The molecule has 3 aliphatic rings. The topological polar surface area (TPSA) is 3.24 Å². The molecule has 1 spiro atoms. The average Bonchev–Trinajstić information content (AvgIpc) is 2.13. The Balaban J connectivity index is 1.73. The molecule has 1 heteroatoms. The van der Waals surface area contributed by atoms with Crippen LogP contribution in [0.2, 0.25) is 0 Å². The summed E-state index contributed by atoms with van der Waals surface area (Å²) in [6.45, 7) is 2.14. The smallest absolute Gasteiger partial charge is 0.0155 e. The Morgan fingerprint density at radius 3 is 2.67 bits per heavy atom. The minimum Gasteiger partial charge on any atom is -0.300 e. The molecule has 4 atom stereocenters. The summed E-state index contributed by atoms with van der Waals surface area (Å²) in [5, 5.41) is 0. The molecule has 3 fully saturated rings. The third-order valence-electron chi connectivity index (χ3n) is 5.59. The second-order valence-corrected chi connectivity index (χ2v) is 5.88. The molecule has 15 heavy (non-hydrogen) atoms. The van der Waals surface area contributed by atoms with Gasteiger partial charge in [0.2, 0.25) is 0 Å². The Bertz CT molecular complexity index is 279. The maximum absolute atomic E-state index is 2.71. The molecule has 0 bridgehead atoms. The quantitative estimate of drug-likeness (QED) is 0.626. The van der Waals surface area contributed by atoms with Gasteiger partial charge in [0.1, 0.15) is 0 Å². The zero-order valence-corrected chi connectivity index (χ0v) is 10.1. The van der Waals surface area contributed by atoms with E-state index in [2.05, 4.69) is 31.0 Å². The molecule has 0 radical (unpaired) electrons. The highest BCUT2D eigenvalue weighted by Gasteiger charge is 2.61. The molecule has 1 nitrogen and oxygen atoms in total. The molecule has 0 amide bonds. The van der Waals surface area contributed by atoms with Crippen LogP contribution in [-0.4, -0.2) is 24.0 Å². The number of hydrogen-bond donors (Lipinski definition) is 0. The summed E-state index contributed by atoms with van der Waals surface area (Å²) in [7, 11) is 2.37. The first-order chi connectivity index (χ1) is 7.28. The van der Waals surface area contributed by atoms with Crippen LogP contribution in [0.15, 0.2) is 12.2 Å². The summed E-state index contributed by atoms with van der Waals surface area (Å²) in [4.78, 5) is 2.71. The molecule has 0 N–H and O–H groups in total. The number of allylic oxidation sites excluding steroid dienone is 1. The van der Waals surface area contributed by atoms with Crippen LogP contribution in [-0.2, 0) is 0 Å². The van der Waals surface area contributed by atoms with Crippen LogP contribution in [0, 0.1) is 11.3 Å². The fourth-order valence-corrected chi connectivity index (χ4v) is 4.40. The molecular weight excluding hydrogens is 182 g/mol. The van der Waals surface area contributed by atoms with E-state index in [1.165, 1.54) is 38.5 Å². The van der Waals surface area contributed by atoms with Gasteiger partial charge in [0.25, 0.3) is 0 Å². The van der Waals surface area contributed by atoms with Gasteiger partial charge in [0, 0.05) is 12.1 Å². The molecule has 0 aromatic heterocycles. The molecule has 4 unspecified atom stereocenters. The van der Waals surface area contributed by atoms with Crippen molar-refractivity contribution in [3.8, 4) is 0 Å². The molecule has 2 aliphatic carbocycles. The second-order valence-electron chi connectivity index (χ2n) is 5.88. The number of nitrogens with zero attached hydrogens (tertiary/aromatic N) is 1. The monoisotopic (exact) mass is 205 g/mol. The van der Waals surface area contributed by atoms with Crippen LogP contribution in [0.3, 0.4) is 0 Å². The fourth-order valence-electron chi connectivity index (χ4n) is 4.40. The van der Waals surface area contributed by atoms with E-state index in [0.717, 1.165) is 23.4 Å². The molecule has 1 aliphatic heterocycles. The lowest BCUT2D eigenvalue weighted by atomic mass is 9.44. The third-order valence-corrected chi connectivity index (χ3v) is 5.59. The Morgan fingerprint density at radius 1 is 1.33 bits per heavy atom. The van der Waals surface area contributed by atoms with E-state index in [9.17, 15) is 0 Å². The molecule has 84 valence electrons. The van der Waals surface area contributed by atoms with Crippen molar-refractivity contribution in [2.45, 2.75) is 57.5 Å². The largest absolute Gasteiger partial charge is 0.300 e. The Morgan fingerprint density at radius 2 is 2.13 bits per heavy atom. The van der Waals surface area contributed by atoms with Gasteiger partial charge in [-0.2, -0.15) is 0 Å². The summed E-state index contributed by atoms with van der Waals surface area (Å²) >= 11 is 0. The van der Waals surface area contributed by atoms with Crippen molar-refractivity contribution in [3.05, 3.63) is 12.2 Å². The lowest BCUT2D eigenvalue weighted by Crippen LogP contribution is -2.68. The minimum absolute atomic E-state index is 0.807. The van der Waals surface area contributed by atoms with Crippen LogP contribution in [0.1, 0.15) is 45.4 Å². The lowest BCUT2D eigenvalue weighted by Gasteiger charge is -2.68. The summed E-state index contributed by atoms with van der Waals surface area (Å²) in [6, 6.07) is 1.78. The predicted molar refractivity (Wildman–Crippen MR) is 63.8 cm³/mol. The molecule has 0 aromatic carbocycles. The molecule has 0 aromatic rings. The van der Waals surface area contributed by atoms with Crippen LogP contribution >= 0.6 is 0 Å². The van der Waals surface area contributed by atoms with Gasteiger partial charge < -0.3 is 0 Å². The zero-order chi connectivity index (χ0) is 10.5. The van der Waals surface area contributed by atoms with Gasteiger partial charge in [-0.1, -0.05) is 12.2 Å². The van der Waals surface area contributed by atoms with E-state index in [1.54, 1.807) is 0 Å². The second kappa shape index (κ2) is 3.35. The van der Waals surface area contributed by atoms with Gasteiger partial charge in [-0.3, -0.25) is 4.90 Å². The van der Waals surface area contributed by atoms with Crippen molar-refractivity contribution < 1.29 is 0 Å². The number of likely N-dealkylation sites (tertiary alicyclic amines) is 1. The summed E-state index contributed by atoms with van der Waals surface area (Å²) in [5.41, 5.74) is 0.807. The lowest BCUT2D eigenvalue weighted by molar-refractivity contribution is -0.180. The van der Waals surface area contributed by atoms with Crippen molar-refractivity contribution in [1.82, 2.24) is 4.90 Å². The number of rotatable bonds is 2. The van der Waals surface area contributed by atoms with Crippen molar-refractivity contribution >= 4 is 0 Å². The summed E-state index contributed by atoms with van der Waals surface area (Å²) in [6.07, 6.45) is 13.4. The highest BCUT2D eigenvalue weighted by atomic mass is 15.2. The Hall–Kier alpha value is -0.300. The van der Waals surface area contributed by atoms with Gasteiger partial charge in [-0.05, 0) is 63.8 Å². The van der Waals surface area contributed by atoms with Crippen LogP contribution in [0.25, 0.3) is 0 Å². The maximum Gasteiger partial charge on any atom is 0.0155 e. The normalized spacial score (nSPS) is 49.3. The van der Waals surface area contributed by atoms with E-state index in [-0.39, 0.29) is 0 Å². The van der Waals surface area contributed by atoms with Gasteiger partial charge >= 0.3 is 0 Å². The van der Waals surface area contributed by atoms with Gasteiger partial charge in [-0.15, -0.1) is 0 Å². The summed E-state index contributed by atoms with van der Waals surface area (Å²) < 4.78 is 0. The van der Waals surface area contributed by atoms with Gasteiger partial charge in [0.05, 0.1) is 0 Å². The first-order valence-corrected chi connectivity index (χ1v) is 6.61. The van der Waals surface area contributed by atoms with E-state index >= 15 is 0 Å². The predicted octanol–water partition coefficient (Wildman–Crippen LogP) is 3.22. The third kappa shape index (κ3) is 1.19. The fraction of sp³-hybridized carbons (Fsp3) is 0.857. The van der Waals surface area contributed by atoms with E-state index in [1.807, 2.05) is 0 Å². The van der Waals surface area contributed by atoms with E-state index in [4.69, 9.17) is 0 Å². The minimum atomic E-state index is 0.807. The van der Waals surface area contributed by atoms with Crippen LogP contribution < -0.4 is 0 Å². The summed E-state index contributed by atoms with van der Waals surface area (Å²) in [5.74, 6) is 1.09.